The van der Waals surface area contributed by atoms with E-state index in [2.05, 4.69) is 4.90 Å². The first-order valence-corrected chi connectivity index (χ1v) is 9.64. The number of amides is 3. The highest BCUT2D eigenvalue weighted by Gasteiger charge is 2.52. The zero-order valence-electron chi connectivity index (χ0n) is 16.4. The number of carbonyl (C=O) groups is 3. The molecule has 146 valence electrons. The molecule has 0 saturated carbocycles. The second kappa shape index (κ2) is 6.83. The summed E-state index contributed by atoms with van der Waals surface area (Å²) in [5.74, 6) is -0.0741. The van der Waals surface area contributed by atoms with Crippen LogP contribution in [-0.2, 0) is 14.3 Å². The molecule has 7 heteroatoms. The Morgan fingerprint density at radius 2 is 1.81 bits per heavy atom. The molecule has 0 aromatic carbocycles. The van der Waals surface area contributed by atoms with Crippen LogP contribution in [0.25, 0.3) is 0 Å². The molecule has 3 saturated heterocycles. The summed E-state index contributed by atoms with van der Waals surface area (Å²) < 4.78 is 5.46. The second-order valence-corrected chi connectivity index (χ2v) is 8.99. The Morgan fingerprint density at radius 3 is 2.35 bits per heavy atom. The van der Waals surface area contributed by atoms with Crippen molar-refractivity contribution in [2.24, 2.45) is 5.41 Å². The molecule has 3 aliphatic heterocycles. The van der Waals surface area contributed by atoms with E-state index in [1.54, 1.807) is 11.9 Å². The minimum absolute atomic E-state index is 0.0154. The fourth-order valence-electron chi connectivity index (χ4n) is 4.49. The maximum Gasteiger partial charge on any atom is 0.410 e. The fraction of sp³-hybridized carbons (Fsp3) is 0.842. The van der Waals surface area contributed by atoms with Gasteiger partial charge >= 0.3 is 6.09 Å². The Hall–Kier alpha value is -1.63. The molecule has 3 aliphatic rings. The van der Waals surface area contributed by atoms with E-state index in [1.807, 2.05) is 20.8 Å². The minimum Gasteiger partial charge on any atom is -0.444 e. The van der Waals surface area contributed by atoms with Crippen LogP contribution < -0.4 is 0 Å². The highest BCUT2D eigenvalue weighted by atomic mass is 16.6. The van der Waals surface area contributed by atoms with E-state index < -0.39 is 11.0 Å². The van der Waals surface area contributed by atoms with Crippen molar-refractivity contribution in [3.63, 3.8) is 0 Å². The average Bonchev–Trinajstić information content (AvgIpc) is 2.77. The molecule has 26 heavy (non-hydrogen) atoms. The molecule has 0 radical (unpaired) electrons. The maximum atomic E-state index is 12.6. The van der Waals surface area contributed by atoms with Crippen LogP contribution in [0.5, 0.6) is 0 Å². The summed E-state index contributed by atoms with van der Waals surface area (Å²) in [6.45, 7) is 8.61. The van der Waals surface area contributed by atoms with Gasteiger partial charge in [-0.3, -0.25) is 19.4 Å². The number of nitrogens with zero attached hydrogens (tertiary/aromatic N) is 3. The molecule has 0 aliphatic carbocycles. The summed E-state index contributed by atoms with van der Waals surface area (Å²) >= 11 is 0. The topological polar surface area (TPSA) is 70.2 Å². The molecule has 1 unspecified atom stereocenters. The van der Waals surface area contributed by atoms with Gasteiger partial charge in [0, 0.05) is 39.1 Å². The van der Waals surface area contributed by atoms with E-state index in [9.17, 15) is 14.4 Å². The van der Waals surface area contributed by atoms with Gasteiger partial charge in [-0.25, -0.2) is 4.79 Å². The van der Waals surface area contributed by atoms with Crippen molar-refractivity contribution in [3.8, 4) is 0 Å². The smallest absolute Gasteiger partial charge is 0.410 e. The van der Waals surface area contributed by atoms with Gasteiger partial charge in [0.25, 0.3) is 0 Å². The van der Waals surface area contributed by atoms with Gasteiger partial charge in [0.2, 0.25) is 11.8 Å². The number of carbonyl (C=O) groups excluding carboxylic acids is 3. The third-order valence-electron chi connectivity index (χ3n) is 5.86. The third-order valence-corrected chi connectivity index (χ3v) is 5.86. The van der Waals surface area contributed by atoms with Crippen LogP contribution in [0, 0.1) is 5.41 Å². The Bertz CT molecular complexity index is 592. The van der Waals surface area contributed by atoms with Gasteiger partial charge in [0.15, 0.2) is 0 Å². The summed E-state index contributed by atoms with van der Waals surface area (Å²) in [6, 6.07) is 0.361. The minimum atomic E-state index is -0.521. The predicted molar refractivity (Wildman–Crippen MR) is 96.5 cm³/mol. The van der Waals surface area contributed by atoms with Crippen LogP contribution in [0.1, 0.15) is 52.9 Å². The first-order valence-electron chi connectivity index (χ1n) is 9.64. The number of imide groups is 1. The van der Waals surface area contributed by atoms with Crippen molar-refractivity contribution < 1.29 is 19.1 Å². The lowest BCUT2D eigenvalue weighted by Crippen LogP contribution is -2.54. The SMILES string of the molecule is CN1C(=O)CC2(CCCN(C3CCN(C(=O)OC(C)(C)C)CC3)C2)C1=O. The zero-order chi connectivity index (χ0) is 19.1. The molecular weight excluding hydrogens is 334 g/mol. The molecule has 1 atom stereocenters. The molecule has 3 heterocycles. The summed E-state index contributed by atoms with van der Waals surface area (Å²) in [5, 5.41) is 0. The van der Waals surface area contributed by atoms with Gasteiger partial charge in [-0.2, -0.15) is 0 Å². The zero-order valence-corrected chi connectivity index (χ0v) is 16.4. The van der Waals surface area contributed by atoms with Crippen molar-refractivity contribution in [1.29, 1.82) is 0 Å². The van der Waals surface area contributed by atoms with Crippen LogP contribution in [0.4, 0.5) is 4.79 Å². The molecular formula is C19H31N3O4. The quantitative estimate of drug-likeness (QED) is 0.664. The lowest BCUT2D eigenvalue weighted by Gasteiger charge is -2.45. The highest BCUT2D eigenvalue weighted by Crippen LogP contribution is 2.41. The maximum absolute atomic E-state index is 12.6. The van der Waals surface area contributed by atoms with Gasteiger partial charge in [-0.15, -0.1) is 0 Å². The number of hydrogen-bond donors (Lipinski definition) is 0. The van der Waals surface area contributed by atoms with Gasteiger partial charge in [0.05, 0.1) is 5.41 Å². The lowest BCUT2D eigenvalue weighted by molar-refractivity contribution is -0.141. The molecule has 1 spiro atoms. The van der Waals surface area contributed by atoms with Crippen molar-refractivity contribution in [2.75, 3.05) is 33.2 Å². The largest absolute Gasteiger partial charge is 0.444 e. The van der Waals surface area contributed by atoms with Gasteiger partial charge in [0.1, 0.15) is 5.60 Å². The van der Waals surface area contributed by atoms with Crippen LogP contribution in [0.2, 0.25) is 0 Å². The van der Waals surface area contributed by atoms with Gasteiger partial charge in [-0.05, 0) is 53.0 Å². The van der Waals surface area contributed by atoms with Crippen molar-refractivity contribution >= 4 is 17.9 Å². The Labute approximate surface area is 155 Å². The Kier molecular flexibility index (Phi) is 5.03. The summed E-state index contributed by atoms with van der Waals surface area (Å²) in [4.78, 5) is 42.3. The summed E-state index contributed by atoms with van der Waals surface area (Å²) in [5.41, 5.74) is -0.999. The van der Waals surface area contributed by atoms with Crippen LogP contribution in [0.3, 0.4) is 0 Å². The first kappa shape index (κ1) is 19.1. The standard InChI is InChI=1S/C19H31N3O4/c1-18(2,3)26-17(25)21-10-6-14(7-11-21)22-9-5-8-19(13-22)12-15(23)20(4)16(19)24/h14H,5-13H2,1-4H3. The summed E-state index contributed by atoms with van der Waals surface area (Å²) in [7, 11) is 1.59. The third kappa shape index (κ3) is 3.72. The molecule has 0 N–H and O–H groups in total. The van der Waals surface area contributed by atoms with E-state index in [-0.39, 0.29) is 17.9 Å². The fourth-order valence-corrected chi connectivity index (χ4v) is 4.49. The van der Waals surface area contributed by atoms with E-state index >= 15 is 0 Å². The average molecular weight is 365 g/mol. The van der Waals surface area contributed by atoms with Crippen molar-refractivity contribution in [2.45, 2.75) is 64.5 Å². The number of likely N-dealkylation sites (tertiary alicyclic amines) is 3. The highest BCUT2D eigenvalue weighted by molar-refractivity contribution is 6.05. The van der Waals surface area contributed by atoms with E-state index in [0.717, 1.165) is 32.2 Å². The van der Waals surface area contributed by atoms with Crippen LogP contribution >= 0.6 is 0 Å². The molecule has 3 amide bonds. The molecule has 0 aromatic heterocycles. The molecule has 3 fully saturated rings. The molecule has 7 nitrogen and oxygen atoms in total. The number of ether oxygens (including phenoxy) is 1. The first-order chi connectivity index (χ1) is 12.1. The molecule has 0 aromatic rings. The lowest BCUT2D eigenvalue weighted by atomic mass is 9.77. The van der Waals surface area contributed by atoms with Gasteiger partial charge in [-0.1, -0.05) is 0 Å². The summed E-state index contributed by atoms with van der Waals surface area (Å²) in [6.07, 6.45) is 3.61. The number of rotatable bonds is 1. The van der Waals surface area contributed by atoms with Crippen molar-refractivity contribution in [1.82, 2.24) is 14.7 Å². The number of hydrogen-bond acceptors (Lipinski definition) is 5. The van der Waals surface area contributed by atoms with Crippen LogP contribution in [0.15, 0.2) is 0 Å². The number of piperidine rings is 2. The molecule has 3 rings (SSSR count). The Balaban J connectivity index is 1.57. The van der Waals surface area contributed by atoms with Crippen molar-refractivity contribution in [3.05, 3.63) is 0 Å². The van der Waals surface area contributed by atoms with E-state index in [0.29, 0.717) is 32.1 Å². The Morgan fingerprint density at radius 1 is 1.15 bits per heavy atom. The monoisotopic (exact) mass is 365 g/mol. The van der Waals surface area contributed by atoms with E-state index in [4.69, 9.17) is 4.74 Å². The van der Waals surface area contributed by atoms with E-state index in [1.165, 1.54) is 4.90 Å². The molecule has 0 bridgehead atoms. The van der Waals surface area contributed by atoms with Crippen LogP contribution in [-0.4, -0.2) is 77.5 Å². The second-order valence-electron chi connectivity index (χ2n) is 8.99. The predicted octanol–water partition coefficient (Wildman–Crippen LogP) is 1.86. The van der Waals surface area contributed by atoms with Gasteiger partial charge < -0.3 is 9.64 Å². The normalized spacial score (nSPS) is 28.9.